The highest BCUT2D eigenvalue weighted by molar-refractivity contribution is 5.10. The standard InChI is InChI=1S/C6H9/c1-4-5-6(2)3/h5H,1-4H2. The molecule has 6 heavy (non-hydrogen) atoms. The molecule has 0 aliphatic carbocycles. The van der Waals surface area contributed by atoms with Crippen LogP contribution >= 0.6 is 0 Å². The van der Waals surface area contributed by atoms with Gasteiger partial charge in [0.05, 0.1) is 5.57 Å². The van der Waals surface area contributed by atoms with Gasteiger partial charge in [0.1, 0.15) is 0 Å². The molecule has 0 unspecified atom stereocenters. The number of allylic oxidation sites excluding steroid dienone is 1. The summed E-state index contributed by atoms with van der Waals surface area (Å²) in [5.41, 5.74) is 0.852. The quantitative estimate of drug-likeness (QED) is 0.445. The Kier molecular flexibility index (Phi) is 2.64. The summed E-state index contributed by atoms with van der Waals surface area (Å²) in [5, 5.41) is 0. The average Bonchev–Trinajstić information content (AvgIpc) is 1.35. The summed E-state index contributed by atoms with van der Waals surface area (Å²) in [7, 11) is 0. The van der Waals surface area contributed by atoms with E-state index in [1.165, 1.54) is 0 Å². The summed E-state index contributed by atoms with van der Waals surface area (Å²) in [6.07, 6.45) is 2.67. The van der Waals surface area contributed by atoms with Gasteiger partial charge < -0.3 is 6.92 Å². The second-order valence-electron chi connectivity index (χ2n) is 1.15. The van der Waals surface area contributed by atoms with E-state index in [-0.39, 0.29) is 0 Å². The lowest BCUT2D eigenvalue weighted by atomic mass is 10.2. The van der Waals surface area contributed by atoms with Crippen molar-refractivity contribution in [1.82, 2.24) is 0 Å². The van der Waals surface area contributed by atoms with Crippen LogP contribution in [0.3, 0.4) is 0 Å². The van der Waals surface area contributed by atoms with E-state index in [1.54, 1.807) is 0 Å². The Morgan fingerprint density at radius 1 is 2.00 bits per heavy atom. The Labute approximate surface area is 39.9 Å². The summed E-state index contributed by atoms with van der Waals surface area (Å²) in [5.74, 6) is 0. The van der Waals surface area contributed by atoms with Crippen LogP contribution < -0.4 is 0 Å². The van der Waals surface area contributed by atoms with Crippen LogP contribution in [0.5, 0.6) is 0 Å². The monoisotopic (exact) mass is 81.1 g/mol. The maximum Gasteiger partial charge on any atom is 0.0975 e. The van der Waals surface area contributed by atoms with Crippen molar-refractivity contribution in [2.75, 3.05) is 0 Å². The van der Waals surface area contributed by atoms with Gasteiger partial charge in [-0.05, 0) is 0 Å². The lowest BCUT2D eigenvalue weighted by Gasteiger charge is -1.85. The van der Waals surface area contributed by atoms with Gasteiger partial charge in [-0.25, -0.2) is 0 Å². The maximum absolute atomic E-state index is 3.57. The third-order valence-electron chi connectivity index (χ3n) is 0.433. The molecule has 0 bridgehead atoms. The normalized spacial score (nSPS) is 8.17. The van der Waals surface area contributed by atoms with Gasteiger partial charge in [-0.2, -0.15) is 6.42 Å². The molecule has 0 saturated heterocycles. The van der Waals surface area contributed by atoms with Gasteiger partial charge in [-0.3, -0.25) is 0 Å². The zero-order valence-electron chi connectivity index (χ0n) is 3.91. The molecule has 0 saturated carbocycles. The summed E-state index contributed by atoms with van der Waals surface area (Å²) < 4.78 is 0. The highest BCUT2D eigenvalue weighted by atomic mass is 13.8. The first-order valence-corrected chi connectivity index (χ1v) is 1.90. The lowest BCUT2D eigenvalue weighted by Crippen LogP contribution is -1.69. The average molecular weight is 81.1 g/mol. The zero-order chi connectivity index (χ0) is 4.99. The Morgan fingerprint density at radius 3 is 2.50 bits per heavy atom. The smallest absolute Gasteiger partial charge is 0.0975 e. The summed E-state index contributed by atoms with van der Waals surface area (Å²) >= 11 is 0. The Balaban J connectivity index is 2.83. The van der Waals surface area contributed by atoms with Crippen LogP contribution in [0, 0.1) is 20.3 Å². The maximum atomic E-state index is 3.57. The molecule has 0 spiro atoms. The van der Waals surface area contributed by atoms with Crippen LogP contribution in [0.15, 0.2) is 12.2 Å². The van der Waals surface area contributed by atoms with Gasteiger partial charge in [-0.1, -0.05) is 0 Å². The van der Waals surface area contributed by atoms with Crippen molar-refractivity contribution >= 4 is 0 Å². The molecule has 0 aromatic rings. The predicted octanol–water partition coefficient (Wildman–Crippen LogP) is 1.81. The number of hydrogen-bond donors (Lipinski definition) is 0. The molecule has 33 valence electrons. The lowest BCUT2D eigenvalue weighted by molar-refractivity contribution is 1.25. The van der Waals surface area contributed by atoms with Crippen molar-refractivity contribution in [2.45, 2.75) is 6.42 Å². The van der Waals surface area contributed by atoms with Gasteiger partial charge >= 0.3 is 0 Å². The predicted molar refractivity (Wildman–Crippen MR) is 28.8 cm³/mol. The molecular weight excluding hydrogens is 72.1 g/mol. The van der Waals surface area contributed by atoms with Crippen LogP contribution in [0.4, 0.5) is 0 Å². The van der Waals surface area contributed by atoms with E-state index in [0.717, 1.165) is 12.0 Å². The first-order valence-electron chi connectivity index (χ1n) is 1.90. The number of hydrogen-bond acceptors (Lipinski definition) is 0. The fourth-order valence-corrected chi connectivity index (χ4v) is 0.204. The number of rotatable bonds is 2. The largest absolute Gasteiger partial charge is 0.343 e. The van der Waals surface area contributed by atoms with Crippen molar-refractivity contribution in [3.8, 4) is 0 Å². The van der Waals surface area contributed by atoms with Crippen molar-refractivity contribution in [3.05, 3.63) is 32.4 Å². The molecule has 1 radical (unpaired) electrons. The summed E-state index contributed by atoms with van der Waals surface area (Å²) in [6.45, 7) is 10.6. The van der Waals surface area contributed by atoms with E-state index in [0.29, 0.717) is 0 Å². The van der Waals surface area contributed by atoms with E-state index in [1.807, 2.05) is 6.42 Å². The minimum absolute atomic E-state index is 0.794. The molecule has 0 nitrogen and oxygen atoms in total. The molecular formula is C6H9. The van der Waals surface area contributed by atoms with E-state index < -0.39 is 0 Å². The Morgan fingerprint density at radius 2 is 2.50 bits per heavy atom. The minimum atomic E-state index is 0.794. The molecule has 0 fully saturated rings. The SMILES string of the molecule is C=C([CH2+])[CH]C[CH2-]. The van der Waals surface area contributed by atoms with Gasteiger partial charge in [0.15, 0.2) is 0 Å². The molecule has 0 amide bonds. The molecule has 0 atom stereocenters. The van der Waals surface area contributed by atoms with Crippen LogP contribution in [-0.2, 0) is 0 Å². The van der Waals surface area contributed by atoms with E-state index >= 15 is 0 Å². The fraction of sp³-hybridized carbons (Fsp3) is 0.167. The summed E-state index contributed by atoms with van der Waals surface area (Å²) in [4.78, 5) is 0. The van der Waals surface area contributed by atoms with Gasteiger partial charge in [0.2, 0.25) is 0 Å². The second-order valence-corrected chi connectivity index (χ2v) is 1.15. The third kappa shape index (κ3) is 3.61. The first kappa shape index (κ1) is 5.61. The summed E-state index contributed by atoms with van der Waals surface area (Å²) in [6, 6.07) is 0. The highest BCUT2D eigenvalue weighted by Crippen LogP contribution is 1.93. The van der Waals surface area contributed by atoms with Gasteiger partial charge in [0, 0.05) is 19.9 Å². The second kappa shape index (κ2) is 2.83. The Hall–Kier alpha value is -0.390. The van der Waals surface area contributed by atoms with Crippen LogP contribution in [0.25, 0.3) is 0 Å². The molecule has 0 aromatic carbocycles. The van der Waals surface area contributed by atoms with E-state index in [9.17, 15) is 0 Å². The van der Waals surface area contributed by atoms with Crippen LogP contribution in [0.1, 0.15) is 6.42 Å². The minimum Gasteiger partial charge on any atom is -0.343 e. The van der Waals surface area contributed by atoms with Gasteiger partial charge in [0.25, 0.3) is 0 Å². The van der Waals surface area contributed by atoms with Crippen molar-refractivity contribution < 1.29 is 0 Å². The highest BCUT2D eigenvalue weighted by Gasteiger charge is 1.81. The molecule has 0 heterocycles. The molecule has 0 aliphatic heterocycles. The molecule has 0 heteroatoms. The molecule has 0 aromatic heterocycles. The van der Waals surface area contributed by atoms with E-state index in [2.05, 4.69) is 20.4 Å². The fourth-order valence-electron chi connectivity index (χ4n) is 0.204. The van der Waals surface area contributed by atoms with Crippen LogP contribution in [-0.4, -0.2) is 0 Å². The molecule has 0 aliphatic rings. The third-order valence-corrected chi connectivity index (χ3v) is 0.433. The first-order chi connectivity index (χ1) is 2.77. The van der Waals surface area contributed by atoms with Gasteiger partial charge in [-0.15, -0.1) is 0 Å². The van der Waals surface area contributed by atoms with Crippen molar-refractivity contribution in [3.63, 3.8) is 0 Å². The van der Waals surface area contributed by atoms with Crippen LogP contribution in [0.2, 0.25) is 0 Å². The van der Waals surface area contributed by atoms with E-state index in [4.69, 9.17) is 0 Å². The Bertz CT molecular complexity index is 44.0. The zero-order valence-corrected chi connectivity index (χ0v) is 3.91. The molecule has 0 rings (SSSR count). The molecule has 0 N–H and O–H groups in total. The van der Waals surface area contributed by atoms with Crippen molar-refractivity contribution in [2.24, 2.45) is 0 Å². The van der Waals surface area contributed by atoms with Crippen molar-refractivity contribution in [1.29, 1.82) is 0 Å². The topological polar surface area (TPSA) is 0 Å².